The normalized spacial score (nSPS) is 14.0. The molecule has 78 valence electrons. The van der Waals surface area contributed by atoms with Gasteiger partial charge >= 0.3 is 5.97 Å². The van der Waals surface area contributed by atoms with E-state index in [1.165, 1.54) is 6.92 Å². The lowest BCUT2D eigenvalue weighted by Gasteiger charge is -2.12. The van der Waals surface area contributed by atoms with E-state index in [9.17, 15) is 13.2 Å². The van der Waals surface area contributed by atoms with Crippen molar-refractivity contribution in [2.24, 2.45) is 0 Å². The Morgan fingerprint density at radius 2 is 2.00 bits per heavy atom. The molecule has 0 saturated heterocycles. The molecule has 6 heteroatoms. The Balaban J connectivity index is 4.35. The molecule has 2 N–H and O–H groups in total. The van der Waals surface area contributed by atoms with Gasteiger partial charge in [0.05, 0.1) is 5.75 Å². The van der Waals surface area contributed by atoms with Gasteiger partial charge in [-0.25, -0.2) is 13.1 Å². The Bertz CT molecular complexity index is 260. The van der Waals surface area contributed by atoms with E-state index in [2.05, 4.69) is 4.72 Å². The molecule has 1 atom stereocenters. The van der Waals surface area contributed by atoms with Crippen LogP contribution in [0.25, 0.3) is 0 Å². The van der Waals surface area contributed by atoms with Gasteiger partial charge in [0.1, 0.15) is 6.04 Å². The van der Waals surface area contributed by atoms with Crippen LogP contribution in [-0.4, -0.2) is 31.3 Å². The van der Waals surface area contributed by atoms with E-state index in [0.717, 1.165) is 0 Å². The molecule has 0 radical (unpaired) electrons. The number of rotatable bonds is 6. The summed E-state index contributed by atoms with van der Waals surface area (Å²) in [6.45, 7) is 3.27. The van der Waals surface area contributed by atoms with Crippen molar-refractivity contribution >= 4 is 16.0 Å². The van der Waals surface area contributed by atoms with Gasteiger partial charge in [-0.2, -0.15) is 0 Å². The third-order valence-electron chi connectivity index (χ3n) is 1.58. The minimum absolute atomic E-state index is 0.0967. The van der Waals surface area contributed by atoms with Crippen LogP contribution in [0.4, 0.5) is 0 Å². The van der Waals surface area contributed by atoms with Gasteiger partial charge in [-0.1, -0.05) is 13.3 Å². The molecule has 0 aliphatic rings. The van der Waals surface area contributed by atoms with Crippen LogP contribution in [0.1, 0.15) is 26.7 Å². The molecule has 13 heavy (non-hydrogen) atoms. The first-order chi connectivity index (χ1) is 5.93. The lowest BCUT2D eigenvalue weighted by atomic mass is 10.2. The minimum Gasteiger partial charge on any atom is -0.480 e. The van der Waals surface area contributed by atoms with Crippen molar-refractivity contribution in [3.8, 4) is 0 Å². The Labute approximate surface area is 78.2 Å². The number of sulfonamides is 1. The molecule has 0 aliphatic heterocycles. The number of hydrogen-bond acceptors (Lipinski definition) is 3. The molecular formula is C7H15NO4S. The zero-order valence-corrected chi connectivity index (χ0v) is 8.60. The van der Waals surface area contributed by atoms with Gasteiger partial charge in [-0.15, -0.1) is 0 Å². The lowest BCUT2D eigenvalue weighted by Crippen LogP contribution is -2.41. The van der Waals surface area contributed by atoms with Crippen LogP contribution in [0.15, 0.2) is 0 Å². The molecule has 0 bridgehead atoms. The number of carboxylic acid groups (broad SMARTS) is 1. The average Bonchev–Trinajstić information content (AvgIpc) is 2.03. The number of carbonyl (C=O) groups is 1. The third-order valence-corrected chi connectivity index (χ3v) is 2.98. The summed E-state index contributed by atoms with van der Waals surface area (Å²) in [5, 5.41) is 8.64. The summed E-state index contributed by atoms with van der Waals surface area (Å²) in [5.74, 6) is -1.22. The highest BCUT2D eigenvalue weighted by atomic mass is 32.2. The van der Waals surface area contributed by atoms with E-state index in [1.54, 1.807) is 6.92 Å². The van der Waals surface area contributed by atoms with Gasteiger partial charge in [0.2, 0.25) is 10.0 Å². The fraction of sp³-hybridized carbons (Fsp3) is 0.857. The van der Waals surface area contributed by atoms with Crippen LogP contribution in [-0.2, 0) is 14.8 Å². The first kappa shape index (κ1) is 12.4. The molecule has 0 aromatic rings. The number of carboxylic acids is 1. The van der Waals surface area contributed by atoms with E-state index >= 15 is 0 Å². The second-order valence-electron chi connectivity index (χ2n) is 2.70. The number of hydrogen-bond donors (Lipinski definition) is 2. The first-order valence-electron chi connectivity index (χ1n) is 4.15. The van der Waals surface area contributed by atoms with Crippen molar-refractivity contribution in [3.63, 3.8) is 0 Å². The Hall–Kier alpha value is -0.620. The molecule has 0 aromatic heterocycles. The fourth-order valence-electron chi connectivity index (χ4n) is 0.822. The Morgan fingerprint density at radius 3 is 2.31 bits per heavy atom. The van der Waals surface area contributed by atoms with Crippen LogP contribution in [0.2, 0.25) is 0 Å². The van der Waals surface area contributed by atoms with E-state index in [4.69, 9.17) is 5.11 Å². The molecule has 0 fully saturated rings. The van der Waals surface area contributed by atoms with Crippen LogP contribution in [0.3, 0.4) is 0 Å². The van der Waals surface area contributed by atoms with Crippen molar-refractivity contribution in [2.75, 3.05) is 5.75 Å². The molecule has 0 spiro atoms. The second-order valence-corrected chi connectivity index (χ2v) is 4.74. The molecule has 0 unspecified atom stereocenters. The zero-order chi connectivity index (χ0) is 10.5. The van der Waals surface area contributed by atoms with E-state index in [-0.39, 0.29) is 5.75 Å². The van der Waals surface area contributed by atoms with Gasteiger partial charge in [0.15, 0.2) is 0 Å². The smallest absolute Gasteiger partial charge is 0.321 e. The molecule has 0 saturated carbocycles. The highest BCUT2D eigenvalue weighted by Gasteiger charge is 2.21. The summed E-state index contributed by atoms with van der Waals surface area (Å²) in [6.07, 6.45) is 0.942. The topological polar surface area (TPSA) is 83.5 Å². The predicted octanol–water partition coefficient (Wildman–Crippen LogP) is 0.179. The van der Waals surface area contributed by atoms with E-state index in [0.29, 0.717) is 12.8 Å². The van der Waals surface area contributed by atoms with Crippen LogP contribution >= 0.6 is 0 Å². The summed E-state index contributed by atoms with van der Waals surface area (Å²) < 4.78 is 24.1. The SMILES string of the molecule is CCC[C@@H](NS(=O)(=O)CC)C(=O)O. The minimum atomic E-state index is -3.42. The highest BCUT2D eigenvalue weighted by molar-refractivity contribution is 7.89. The first-order valence-corrected chi connectivity index (χ1v) is 5.81. The highest BCUT2D eigenvalue weighted by Crippen LogP contribution is 1.99. The number of nitrogens with one attached hydrogen (secondary N) is 1. The average molecular weight is 209 g/mol. The Morgan fingerprint density at radius 1 is 1.46 bits per heavy atom. The zero-order valence-electron chi connectivity index (χ0n) is 7.78. The van der Waals surface area contributed by atoms with Crippen molar-refractivity contribution in [3.05, 3.63) is 0 Å². The van der Waals surface area contributed by atoms with E-state index < -0.39 is 22.0 Å². The summed E-state index contributed by atoms with van der Waals surface area (Å²) in [7, 11) is -3.42. The molecule has 5 nitrogen and oxygen atoms in total. The quantitative estimate of drug-likeness (QED) is 0.653. The maximum atomic E-state index is 11.0. The molecule has 0 amide bonds. The third kappa shape index (κ3) is 4.84. The monoisotopic (exact) mass is 209 g/mol. The summed E-state index contributed by atoms with van der Waals surface area (Å²) >= 11 is 0. The summed E-state index contributed by atoms with van der Waals surface area (Å²) in [5.41, 5.74) is 0. The van der Waals surface area contributed by atoms with Gasteiger partial charge < -0.3 is 5.11 Å². The van der Waals surface area contributed by atoms with Crippen molar-refractivity contribution < 1.29 is 18.3 Å². The van der Waals surface area contributed by atoms with Crippen molar-refractivity contribution in [2.45, 2.75) is 32.7 Å². The van der Waals surface area contributed by atoms with E-state index in [1.807, 2.05) is 0 Å². The molecular weight excluding hydrogens is 194 g/mol. The van der Waals surface area contributed by atoms with Gasteiger partial charge in [-0.05, 0) is 13.3 Å². The van der Waals surface area contributed by atoms with Gasteiger partial charge in [-0.3, -0.25) is 4.79 Å². The number of aliphatic carboxylic acids is 1. The summed E-state index contributed by atoms with van der Waals surface area (Å²) in [6, 6.07) is -0.991. The molecule has 0 aromatic carbocycles. The second kappa shape index (κ2) is 5.18. The molecule has 0 aliphatic carbocycles. The van der Waals surface area contributed by atoms with Gasteiger partial charge in [0.25, 0.3) is 0 Å². The van der Waals surface area contributed by atoms with Crippen LogP contribution in [0.5, 0.6) is 0 Å². The maximum Gasteiger partial charge on any atom is 0.321 e. The van der Waals surface area contributed by atoms with Crippen molar-refractivity contribution in [1.29, 1.82) is 0 Å². The Kier molecular flexibility index (Phi) is 4.94. The van der Waals surface area contributed by atoms with Crippen LogP contribution in [0, 0.1) is 0 Å². The lowest BCUT2D eigenvalue weighted by molar-refractivity contribution is -0.139. The molecule has 0 heterocycles. The summed E-state index contributed by atoms with van der Waals surface area (Å²) in [4.78, 5) is 10.6. The van der Waals surface area contributed by atoms with Gasteiger partial charge in [0, 0.05) is 0 Å². The standard InChI is InChI=1S/C7H15NO4S/c1-3-5-6(7(9)10)8-13(11,12)4-2/h6,8H,3-5H2,1-2H3,(H,9,10)/t6-/m1/s1. The maximum absolute atomic E-state index is 11.0. The molecule has 0 rings (SSSR count). The fourth-order valence-corrected chi connectivity index (χ4v) is 1.64. The van der Waals surface area contributed by atoms with Crippen LogP contribution < -0.4 is 4.72 Å². The largest absolute Gasteiger partial charge is 0.480 e. The van der Waals surface area contributed by atoms with Crippen molar-refractivity contribution in [1.82, 2.24) is 4.72 Å². The predicted molar refractivity (Wildman–Crippen MR) is 48.9 cm³/mol.